The quantitative estimate of drug-likeness (QED) is 0.859. The highest BCUT2D eigenvalue weighted by Gasteiger charge is 2.34. The van der Waals surface area contributed by atoms with E-state index in [1.165, 1.54) is 0 Å². The predicted octanol–water partition coefficient (Wildman–Crippen LogP) is 2.83. The summed E-state index contributed by atoms with van der Waals surface area (Å²) in [7, 11) is 0. The summed E-state index contributed by atoms with van der Waals surface area (Å²) >= 11 is 0. The van der Waals surface area contributed by atoms with Crippen molar-refractivity contribution in [2.45, 2.75) is 57.4 Å². The number of rotatable bonds is 6. The molecule has 2 fully saturated rings. The molecule has 0 spiro atoms. The van der Waals surface area contributed by atoms with Crippen LogP contribution < -0.4 is 5.32 Å². The van der Waals surface area contributed by atoms with Gasteiger partial charge in [-0.15, -0.1) is 0 Å². The first kappa shape index (κ1) is 16.3. The summed E-state index contributed by atoms with van der Waals surface area (Å²) in [5, 5.41) is 10.9. The van der Waals surface area contributed by atoms with Crippen LogP contribution in [0, 0.1) is 0 Å². The van der Waals surface area contributed by atoms with Crippen LogP contribution in [0.25, 0.3) is 0 Å². The highest BCUT2D eigenvalue weighted by molar-refractivity contribution is 5.91. The van der Waals surface area contributed by atoms with Crippen LogP contribution in [0.3, 0.4) is 0 Å². The van der Waals surface area contributed by atoms with E-state index < -0.39 is 0 Å². The van der Waals surface area contributed by atoms with Gasteiger partial charge in [0.2, 0.25) is 17.7 Å². The van der Waals surface area contributed by atoms with E-state index in [1.807, 2.05) is 13.8 Å². The number of anilines is 1. The second-order valence-electron chi connectivity index (χ2n) is 7.21. The molecule has 0 radical (unpaired) electrons. The van der Waals surface area contributed by atoms with Gasteiger partial charge in [-0.2, -0.15) is 4.98 Å². The van der Waals surface area contributed by atoms with Crippen LogP contribution in [-0.2, 0) is 4.79 Å². The summed E-state index contributed by atoms with van der Waals surface area (Å²) in [4.78, 5) is 19.0. The van der Waals surface area contributed by atoms with E-state index in [1.54, 1.807) is 6.07 Å². The number of carbonyl (C=O) groups is 1. The Hall–Kier alpha value is -2.22. The molecule has 3 heterocycles. The third-order valence-corrected chi connectivity index (χ3v) is 4.77. The molecule has 134 valence electrons. The topological polar surface area (TPSA) is 97.3 Å². The average Bonchev–Trinajstić information content (AvgIpc) is 3.00. The fourth-order valence-electron chi connectivity index (χ4n) is 3.17. The van der Waals surface area contributed by atoms with E-state index in [-0.39, 0.29) is 24.4 Å². The predicted molar refractivity (Wildman–Crippen MR) is 89.0 cm³/mol. The first-order valence-corrected chi connectivity index (χ1v) is 8.94. The first-order chi connectivity index (χ1) is 12.1. The van der Waals surface area contributed by atoms with Crippen molar-refractivity contribution in [3.05, 3.63) is 23.5 Å². The standard InChI is InChI=1S/C17H23N5O3/c1-10(2)12-8-15(24-20-12)18-14(23)9-22-7-3-4-13(22)16-19-17(25-21-16)11-5-6-11/h8,10-11,13H,3-7,9H2,1-2H3,(H,18,23)/t13-/m1/s1. The van der Waals surface area contributed by atoms with Gasteiger partial charge >= 0.3 is 0 Å². The minimum absolute atomic E-state index is 0.0444. The molecule has 2 aromatic heterocycles. The molecule has 1 amide bonds. The van der Waals surface area contributed by atoms with Gasteiger partial charge in [0.1, 0.15) is 0 Å². The molecule has 0 unspecified atom stereocenters. The zero-order valence-electron chi connectivity index (χ0n) is 14.6. The Balaban J connectivity index is 1.37. The molecule has 0 bridgehead atoms. The van der Waals surface area contributed by atoms with Crippen molar-refractivity contribution in [1.82, 2.24) is 20.2 Å². The summed E-state index contributed by atoms with van der Waals surface area (Å²) < 4.78 is 10.5. The molecule has 1 atom stereocenters. The van der Waals surface area contributed by atoms with Gasteiger partial charge < -0.3 is 9.05 Å². The van der Waals surface area contributed by atoms with E-state index in [0.29, 0.717) is 17.6 Å². The van der Waals surface area contributed by atoms with Crippen molar-refractivity contribution in [1.29, 1.82) is 0 Å². The molecule has 8 nitrogen and oxygen atoms in total. The molecule has 25 heavy (non-hydrogen) atoms. The van der Waals surface area contributed by atoms with E-state index in [2.05, 4.69) is 25.5 Å². The van der Waals surface area contributed by atoms with Crippen LogP contribution >= 0.6 is 0 Å². The minimum atomic E-state index is -0.121. The third kappa shape index (κ3) is 3.58. The molecule has 1 saturated carbocycles. The molecule has 4 rings (SSSR count). The van der Waals surface area contributed by atoms with Crippen molar-refractivity contribution in [3.8, 4) is 0 Å². The second kappa shape index (κ2) is 6.59. The maximum Gasteiger partial charge on any atom is 0.240 e. The highest BCUT2D eigenvalue weighted by Crippen LogP contribution is 2.40. The normalized spacial score (nSPS) is 21.2. The average molecular weight is 345 g/mol. The maximum absolute atomic E-state index is 12.3. The van der Waals surface area contributed by atoms with Gasteiger partial charge in [0.25, 0.3) is 0 Å². The van der Waals surface area contributed by atoms with Gasteiger partial charge in [-0.25, -0.2) is 0 Å². The summed E-state index contributed by atoms with van der Waals surface area (Å²) in [6, 6.07) is 1.81. The molecule has 1 N–H and O–H groups in total. The lowest BCUT2D eigenvalue weighted by Gasteiger charge is -2.20. The van der Waals surface area contributed by atoms with Crippen molar-refractivity contribution in [2.24, 2.45) is 0 Å². The molecule has 0 aromatic carbocycles. The number of aromatic nitrogens is 3. The lowest BCUT2D eigenvalue weighted by molar-refractivity contribution is -0.117. The molecule has 1 saturated heterocycles. The van der Waals surface area contributed by atoms with Gasteiger partial charge in [0, 0.05) is 12.0 Å². The van der Waals surface area contributed by atoms with Gasteiger partial charge in [-0.3, -0.25) is 15.0 Å². The molecule has 1 aliphatic heterocycles. The van der Waals surface area contributed by atoms with Crippen molar-refractivity contribution in [2.75, 3.05) is 18.4 Å². The largest absolute Gasteiger partial charge is 0.339 e. The SMILES string of the molecule is CC(C)c1cc(NC(=O)CN2CCC[C@@H]2c2noc(C3CC3)n2)on1. The number of hydrogen-bond acceptors (Lipinski definition) is 7. The van der Waals surface area contributed by atoms with Crippen LogP contribution in [-0.4, -0.2) is 39.2 Å². The maximum atomic E-state index is 12.3. The number of amides is 1. The number of likely N-dealkylation sites (tertiary alicyclic amines) is 1. The Labute approximate surface area is 145 Å². The summed E-state index contributed by atoms with van der Waals surface area (Å²) in [6.07, 6.45) is 4.23. The lowest BCUT2D eigenvalue weighted by Crippen LogP contribution is -2.33. The number of carbonyl (C=O) groups excluding carboxylic acids is 1. The summed E-state index contributed by atoms with van der Waals surface area (Å²) in [5.41, 5.74) is 0.828. The Morgan fingerprint density at radius 3 is 2.88 bits per heavy atom. The zero-order chi connectivity index (χ0) is 17.4. The fourth-order valence-corrected chi connectivity index (χ4v) is 3.17. The van der Waals surface area contributed by atoms with Gasteiger partial charge in [-0.1, -0.05) is 24.2 Å². The Morgan fingerprint density at radius 1 is 1.32 bits per heavy atom. The zero-order valence-corrected chi connectivity index (χ0v) is 14.6. The molecular weight excluding hydrogens is 322 g/mol. The molecule has 8 heteroatoms. The molecular formula is C17H23N5O3. The van der Waals surface area contributed by atoms with Crippen molar-refractivity contribution >= 4 is 11.8 Å². The number of nitrogens with zero attached hydrogens (tertiary/aromatic N) is 4. The van der Waals surface area contributed by atoms with Crippen LogP contribution in [0.4, 0.5) is 5.88 Å². The lowest BCUT2D eigenvalue weighted by atomic mass is 10.1. The third-order valence-electron chi connectivity index (χ3n) is 4.77. The number of hydrogen-bond donors (Lipinski definition) is 1. The van der Waals surface area contributed by atoms with Gasteiger partial charge in [0.05, 0.1) is 18.3 Å². The smallest absolute Gasteiger partial charge is 0.240 e. The van der Waals surface area contributed by atoms with Crippen LogP contribution in [0.15, 0.2) is 15.1 Å². The van der Waals surface area contributed by atoms with Crippen LogP contribution in [0.2, 0.25) is 0 Å². The van der Waals surface area contributed by atoms with Crippen molar-refractivity contribution < 1.29 is 13.8 Å². The Bertz CT molecular complexity index is 749. The van der Waals surface area contributed by atoms with E-state index in [9.17, 15) is 4.79 Å². The van der Waals surface area contributed by atoms with Crippen LogP contribution in [0.1, 0.15) is 74.8 Å². The Morgan fingerprint density at radius 2 is 2.16 bits per heavy atom. The molecule has 1 aliphatic carbocycles. The molecule has 2 aliphatic rings. The monoisotopic (exact) mass is 345 g/mol. The van der Waals surface area contributed by atoms with Gasteiger partial charge in [-0.05, 0) is 38.1 Å². The van der Waals surface area contributed by atoms with E-state index in [0.717, 1.165) is 43.8 Å². The van der Waals surface area contributed by atoms with Crippen molar-refractivity contribution in [3.63, 3.8) is 0 Å². The summed E-state index contributed by atoms with van der Waals surface area (Å²) in [6.45, 7) is 5.17. The minimum Gasteiger partial charge on any atom is -0.339 e. The number of nitrogens with one attached hydrogen (secondary N) is 1. The Kier molecular flexibility index (Phi) is 4.29. The van der Waals surface area contributed by atoms with Crippen LogP contribution in [0.5, 0.6) is 0 Å². The highest BCUT2D eigenvalue weighted by atomic mass is 16.5. The van der Waals surface area contributed by atoms with E-state index in [4.69, 9.17) is 9.05 Å². The fraction of sp³-hybridized carbons (Fsp3) is 0.647. The van der Waals surface area contributed by atoms with Gasteiger partial charge in [0.15, 0.2) is 5.82 Å². The second-order valence-corrected chi connectivity index (χ2v) is 7.21. The summed E-state index contributed by atoms with van der Waals surface area (Å²) in [5.74, 6) is 2.42. The van der Waals surface area contributed by atoms with E-state index >= 15 is 0 Å². The molecule has 2 aromatic rings. The first-order valence-electron chi connectivity index (χ1n) is 8.94.